The number of nitrogens with zero attached hydrogens (tertiary/aromatic N) is 1. The molecule has 0 aromatic carbocycles. The summed E-state index contributed by atoms with van der Waals surface area (Å²) in [5.74, 6) is -0.0988. The van der Waals surface area contributed by atoms with Gasteiger partial charge in [-0.3, -0.25) is 9.59 Å². The van der Waals surface area contributed by atoms with Crippen molar-refractivity contribution in [3.63, 3.8) is 0 Å². The summed E-state index contributed by atoms with van der Waals surface area (Å²) in [5.41, 5.74) is 0.674. The van der Waals surface area contributed by atoms with Gasteiger partial charge in [0.2, 0.25) is 0 Å². The minimum Gasteiger partial charge on any atom is -0.469 e. The number of fused-ring (bicyclic) bond motifs is 1. The molecule has 0 amide bonds. The zero-order valence-electron chi connectivity index (χ0n) is 11.4. The fourth-order valence-electron chi connectivity index (χ4n) is 2.05. The number of ether oxygens (including phenoxy) is 1. The summed E-state index contributed by atoms with van der Waals surface area (Å²) in [6.45, 7) is 2.03. The average molecular weight is 320 g/mol. The van der Waals surface area contributed by atoms with Crippen LogP contribution in [0.4, 0.5) is 0 Å². The Balaban J connectivity index is 2.11. The van der Waals surface area contributed by atoms with E-state index in [0.29, 0.717) is 16.0 Å². The third-order valence-corrected chi connectivity index (χ3v) is 4.94. The van der Waals surface area contributed by atoms with Gasteiger partial charge in [-0.25, -0.2) is 4.98 Å². The largest absolute Gasteiger partial charge is 0.469 e. The number of H-pyrrole nitrogens is 1. The Morgan fingerprint density at radius 3 is 2.90 bits per heavy atom. The van der Waals surface area contributed by atoms with Crippen LogP contribution in [0.25, 0.3) is 20.7 Å². The predicted molar refractivity (Wildman–Crippen MR) is 84.0 cm³/mol. The van der Waals surface area contributed by atoms with Crippen molar-refractivity contribution >= 4 is 38.9 Å². The topological polar surface area (TPSA) is 72.0 Å². The second kappa shape index (κ2) is 5.42. The number of hydrogen-bond donors (Lipinski definition) is 1. The molecule has 0 fully saturated rings. The molecule has 0 aliphatic carbocycles. The average Bonchev–Trinajstić information content (AvgIpc) is 3.04. The van der Waals surface area contributed by atoms with Crippen molar-refractivity contribution in [1.82, 2.24) is 9.97 Å². The van der Waals surface area contributed by atoms with Crippen molar-refractivity contribution < 1.29 is 9.53 Å². The second-order valence-electron chi connectivity index (χ2n) is 4.51. The van der Waals surface area contributed by atoms with Gasteiger partial charge >= 0.3 is 5.97 Å². The molecule has 108 valence electrons. The maximum atomic E-state index is 12.3. The van der Waals surface area contributed by atoms with Crippen LogP contribution >= 0.6 is 22.7 Å². The molecule has 0 atom stereocenters. The molecule has 0 unspecified atom stereocenters. The molecule has 3 aromatic heterocycles. The van der Waals surface area contributed by atoms with Gasteiger partial charge in [0, 0.05) is 20.7 Å². The highest BCUT2D eigenvalue weighted by atomic mass is 32.1. The third-order valence-electron chi connectivity index (χ3n) is 3.04. The fraction of sp³-hybridized carbons (Fsp3) is 0.214. The second-order valence-corrected chi connectivity index (χ2v) is 6.65. The van der Waals surface area contributed by atoms with E-state index in [4.69, 9.17) is 0 Å². The van der Waals surface area contributed by atoms with Gasteiger partial charge in [-0.05, 0) is 19.1 Å². The van der Waals surface area contributed by atoms with E-state index < -0.39 is 5.97 Å². The number of carbonyl (C=O) groups excluding carboxylic acids is 1. The zero-order chi connectivity index (χ0) is 15.0. The molecule has 0 aliphatic heterocycles. The lowest BCUT2D eigenvalue weighted by atomic mass is 10.2. The standard InChI is InChI=1S/C14H12N2O3S2/c1-7-3-4-9(21-7)8-6-20-14-12(8)13(18)15-10(16-14)5-11(17)19-2/h3-4,6H,5H2,1-2H3,(H,15,16,18). The molecule has 0 radical (unpaired) electrons. The molecule has 3 heterocycles. The molecule has 0 aliphatic rings. The summed E-state index contributed by atoms with van der Waals surface area (Å²) in [4.78, 5) is 33.5. The maximum absolute atomic E-state index is 12.3. The van der Waals surface area contributed by atoms with Gasteiger partial charge < -0.3 is 9.72 Å². The Labute approximate surface area is 128 Å². The molecule has 0 saturated heterocycles. The highest BCUT2D eigenvalue weighted by molar-refractivity contribution is 7.19. The SMILES string of the molecule is COC(=O)Cc1nc2scc(-c3ccc(C)s3)c2c(=O)[nH]1. The van der Waals surface area contributed by atoms with Gasteiger partial charge in [0.25, 0.3) is 5.56 Å². The number of esters is 1. The Kier molecular flexibility index (Phi) is 3.60. The fourth-order valence-corrected chi connectivity index (χ4v) is 3.97. The van der Waals surface area contributed by atoms with E-state index in [2.05, 4.69) is 14.7 Å². The summed E-state index contributed by atoms with van der Waals surface area (Å²) >= 11 is 3.04. The van der Waals surface area contributed by atoms with Crippen LogP contribution in [-0.4, -0.2) is 23.0 Å². The number of methoxy groups -OCH3 is 1. The highest BCUT2D eigenvalue weighted by Crippen LogP contribution is 2.34. The van der Waals surface area contributed by atoms with E-state index in [0.717, 1.165) is 10.4 Å². The molecule has 5 nitrogen and oxygen atoms in total. The Morgan fingerprint density at radius 1 is 1.43 bits per heavy atom. The number of carbonyl (C=O) groups is 1. The van der Waals surface area contributed by atoms with Gasteiger partial charge in [0.05, 0.1) is 12.5 Å². The first kappa shape index (κ1) is 14.0. The van der Waals surface area contributed by atoms with E-state index in [1.165, 1.54) is 23.3 Å². The molecular weight excluding hydrogens is 308 g/mol. The summed E-state index contributed by atoms with van der Waals surface area (Å²) in [6, 6.07) is 4.03. The maximum Gasteiger partial charge on any atom is 0.313 e. The first-order valence-corrected chi connectivity index (χ1v) is 7.92. The minimum absolute atomic E-state index is 0.0347. The molecular formula is C14H12N2O3S2. The first-order chi connectivity index (χ1) is 10.1. The lowest BCUT2D eigenvalue weighted by Crippen LogP contribution is -2.15. The van der Waals surface area contributed by atoms with Crippen LogP contribution in [0.2, 0.25) is 0 Å². The highest BCUT2D eigenvalue weighted by Gasteiger charge is 2.15. The zero-order valence-corrected chi connectivity index (χ0v) is 13.1. The number of nitrogens with one attached hydrogen (secondary N) is 1. The Hall–Kier alpha value is -1.99. The van der Waals surface area contributed by atoms with E-state index in [1.807, 2.05) is 24.4 Å². The van der Waals surface area contributed by atoms with Crippen molar-refractivity contribution in [3.05, 3.63) is 38.6 Å². The Morgan fingerprint density at radius 2 is 2.24 bits per heavy atom. The van der Waals surface area contributed by atoms with Gasteiger partial charge in [0.15, 0.2) is 0 Å². The van der Waals surface area contributed by atoms with E-state index >= 15 is 0 Å². The molecule has 3 rings (SSSR count). The number of aryl methyl sites for hydroxylation is 1. The van der Waals surface area contributed by atoms with Crippen LogP contribution in [0.3, 0.4) is 0 Å². The van der Waals surface area contributed by atoms with Crippen molar-refractivity contribution in [2.75, 3.05) is 7.11 Å². The van der Waals surface area contributed by atoms with Crippen LogP contribution in [0, 0.1) is 6.92 Å². The van der Waals surface area contributed by atoms with Crippen molar-refractivity contribution in [2.24, 2.45) is 0 Å². The van der Waals surface area contributed by atoms with Crippen LogP contribution in [0.5, 0.6) is 0 Å². The Bertz CT molecular complexity index is 876. The first-order valence-electron chi connectivity index (χ1n) is 6.22. The molecule has 7 heteroatoms. The smallest absolute Gasteiger partial charge is 0.313 e. The summed E-state index contributed by atoms with van der Waals surface area (Å²) < 4.78 is 4.59. The van der Waals surface area contributed by atoms with E-state index in [1.54, 1.807) is 11.3 Å². The number of aromatic amines is 1. The summed E-state index contributed by atoms with van der Waals surface area (Å²) in [5, 5.41) is 2.51. The van der Waals surface area contributed by atoms with Gasteiger partial charge in [-0.15, -0.1) is 22.7 Å². The van der Waals surface area contributed by atoms with Crippen molar-refractivity contribution in [2.45, 2.75) is 13.3 Å². The summed E-state index contributed by atoms with van der Waals surface area (Å²) in [6.07, 6.45) is -0.0347. The molecule has 1 N–H and O–H groups in total. The third kappa shape index (κ3) is 2.62. The lowest BCUT2D eigenvalue weighted by Gasteiger charge is -2.00. The normalized spacial score (nSPS) is 11.0. The predicted octanol–water partition coefficient (Wildman–Crippen LogP) is 2.74. The van der Waals surface area contributed by atoms with Crippen LogP contribution in [0.15, 0.2) is 22.3 Å². The lowest BCUT2D eigenvalue weighted by molar-refractivity contribution is -0.139. The molecule has 3 aromatic rings. The molecule has 0 spiro atoms. The van der Waals surface area contributed by atoms with Crippen LogP contribution in [0.1, 0.15) is 10.7 Å². The number of thiophene rings is 2. The van der Waals surface area contributed by atoms with E-state index in [9.17, 15) is 9.59 Å². The van der Waals surface area contributed by atoms with Crippen LogP contribution < -0.4 is 5.56 Å². The van der Waals surface area contributed by atoms with Gasteiger partial charge in [-0.2, -0.15) is 0 Å². The molecule has 21 heavy (non-hydrogen) atoms. The number of aromatic nitrogens is 2. The van der Waals surface area contributed by atoms with Crippen LogP contribution in [-0.2, 0) is 16.0 Å². The van der Waals surface area contributed by atoms with Crippen molar-refractivity contribution in [1.29, 1.82) is 0 Å². The van der Waals surface area contributed by atoms with Gasteiger partial charge in [-0.1, -0.05) is 0 Å². The monoisotopic (exact) mass is 320 g/mol. The number of hydrogen-bond acceptors (Lipinski definition) is 6. The molecule has 0 saturated carbocycles. The van der Waals surface area contributed by atoms with E-state index in [-0.39, 0.29) is 12.0 Å². The molecule has 0 bridgehead atoms. The van der Waals surface area contributed by atoms with Gasteiger partial charge in [0.1, 0.15) is 17.1 Å². The summed E-state index contributed by atoms with van der Waals surface area (Å²) in [7, 11) is 1.31. The number of rotatable bonds is 3. The minimum atomic E-state index is -0.428. The van der Waals surface area contributed by atoms with Crippen molar-refractivity contribution in [3.8, 4) is 10.4 Å². The quantitative estimate of drug-likeness (QED) is 0.753.